The Balaban J connectivity index is 1.55. The molecular formula is C22H29N3O. The number of nitrogens with one attached hydrogen (secondary N) is 1. The van der Waals surface area contributed by atoms with Crippen LogP contribution in [0.3, 0.4) is 0 Å². The second kappa shape index (κ2) is 7.26. The number of fused-ring (bicyclic) bond motifs is 2. The van der Waals surface area contributed by atoms with Crippen LogP contribution in [-0.4, -0.2) is 33.4 Å². The minimum Gasteiger partial charge on any atom is -0.346 e. The second-order valence-corrected chi connectivity index (χ2v) is 7.86. The number of amides is 1. The average molecular weight is 351 g/mol. The Labute approximate surface area is 155 Å². The Morgan fingerprint density at radius 1 is 1.38 bits per heavy atom. The molecular weight excluding hydrogens is 322 g/mol. The van der Waals surface area contributed by atoms with E-state index in [0.29, 0.717) is 18.4 Å². The standard InChI is InChI=1S/C22H29N3O/c1-3-16(19-14-24-22-18(19)8-6-11-23-22)13-21(26)25-12-10-15(2)17-7-4-5-9-20(17)25/h6,8,11,14,16,20H,3-5,7,9-10,12-13H2,1-2H3,(H,23,24). The number of H-pyrrole nitrogens is 1. The van der Waals surface area contributed by atoms with E-state index >= 15 is 0 Å². The number of hydrogen-bond acceptors (Lipinski definition) is 2. The Hall–Kier alpha value is -2.10. The van der Waals surface area contributed by atoms with E-state index in [9.17, 15) is 4.79 Å². The van der Waals surface area contributed by atoms with Crippen molar-refractivity contribution in [2.45, 2.75) is 70.8 Å². The summed E-state index contributed by atoms with van der Waals surface area (Å²) in [5.41, 5.74) is 5.24. The Kier molecular flexibility index (Phi) is 4.84. The number of carbonyl (C=O) groups is 1. The van der Waals surface area contributed by atoms with E-state index in [1.807, 2.05) is 18.5 Å². The van der Waals surface area contributed by atoms with Crippen molar-refractivity contribution >= 4 is 16.9 Å². The third-order valence-electron chi connectivity index (χ3n) is 6.39. The molecule has 138 valence electrons. The van der Waals surface area contributed by atoms with Crippen molar-refractivity contribution in [1.82, 2.24) is 14.9 Å². The maximum Gasteiger partial charge on any atom is 0.223 e. The van der Waals surface area contributed by atoms with Crippen LogP contribution >= 0.6 is 0 Å². The van der Waals surface area contributed by atoms with Gasteiger partial charge in [-0.05, 0) is 68.2 Å². The minimum absolute atomic E-state index is 0.250. The molecule has 2 atom stereocenters. The van der Waals surface area contributed by atoms with Gasteiger partial charge in [-0.1, -0.05) is 18.9 Å². The van der Waals surface area contributed by atoms with E-state index in [0.717, 1.165) is 36.8 Å². The highest BCUT2D eigenvalue weighted by Gasteiger charge is 2.33. The molecule has 0 aromatic carbocycles. The van der Waals surface area contributed by atoms with Gasteiger partial charge in [0.15, 0.2) is 0 Å². The Morgan fingerprint density at radius 3 is 3.12 bits per heavy atom. The molecule has 4 rings (SSSR count). The van der Waals surface area contributed by atoms with E-state index in [-0.39, 0.29) is 5.92 Å². The van der Waals surface area contributed by atoms with Crippen molar-refractivity contribution in [3.8, 4) is 0 Å². The molecule has 2 aromatic rings. The molecule has 0 radical (unpaired) electrons. The third-order valence-corrected chi connectivity index (χ3v) is 6.39. The van der Waals surface area contributed by atoms with Crippen LogP contribution in [0, 0.1) is 0 Å². The summed E-state index contributed by atoms with van der Waals surface area (Å²) in [5.74, 6) is 0.575. The molecule has 0 spiro atoms. The summed E-state index contributed by atoms with van der Waals surface area (Å²) >= 11 is 0. The quantitative estimate of drug-likeness (QED) is 0.793. The largest absolute Gasteiger partial charge is 0.346 e. The average Bonchev–Trinajstić information content (AvgIpc) is 3.10. The molecule has 2 aliphatic rings. The molecule has 1 N–H and O–H groups in total. The molecule has 1 aliphatic carbocycles. The summed E-state index contributed by atoms with van der Waals surface area (Å²) in [7, 11) is 0. The molecule has 2 unspecified atom stereocenters. The maximum atomic E-state index is 13.2. The highest BCUT2D eigenvalue weighted by atomic mass is 16.2. The van der Waals surface area contributed by atoms with E-state index in [1.165, 1.54) is 30.4 Å². The molecule has 1 amide bonds. The first kappa shape index (κ1) is 17.3. The van der Waals surface area contributed by atoms with Crippen molar-refractivity contribution in [3.63, 3.8) is 0 Å². The predicted molar refractivity (Wildman–Crippen MR) is 105 cm³/mol. The van der Waals surface area contributed by atoms with Gasteiger partial charge in [0.05, 0.1) is 6.04 Å². The van der Waals surface area contributed by atoms with Crippen LogP contribution in [0.25, 0.3) is 11.0 Å². The number of pyridine rings is 1. The summed E-state index contributed by atoms with van der Waals surface area (Å²) in [4.78, 5) is 23.1. The highest BCUT2D eigenvalue weighted by molar-refractivity contribution is 5.83. The SMILES string of the molecule is CCC(CC(=O)N1CCC(C)=C2CCCCC21)c1c[nH]c2ncccc12. The molecule has 4 nitrogen and oxygen atoms in total. The van der Waals surface area contributed by atoms with Crippen LogP contribution in [0.5, 0.6) is 0 Å². The van der Waals surface area contributed by atoms with Crippen molar-refractivity contribution < 1.29 is 4.79 Å². The van der Waals surface area contributed by atoms with E-state index in [1.54, 1.807) is 5.57 Å². The zero-order chi connectivity index (χ0) is 18.1. The number of hydrogen-bond donors (Lipinski definition) is 1. The summed E-state index contributed by atoms with van der Waals surface area (Å²) in [6, 6.07) is 4.45. The maximum absolute atomic E-state index is 13.2. The van der Waals surface area contributed by atoms with Gasteiger partial charge in [-0.2, -0.15) is 0 Å². The number of rotatable bonds is 4. The van der Waals surface area contributed by atoms with Crippen LogP contribution < -0.4 is 0 Å². The Bertz CT molecular complexity index is 835. The van der Waals surface area contributed by atoms with Gasteiger partial charge in [-0.25, -0.2) is 4.98 Å². The molecule has 0 bridgehead atoms. The molecule has 1 saturated carbocycles. The fraction of sp³-hybridized carbons (Fsp3) is 0.545. The first-order chi connectivity index (χ1) is 12.7. The summed E-state index contributed by atoms with van der Waals surface area (Å²) in [5, 5.41) is 1.15. The molecule has 2 aromatic heterocycles. The Morgan fingerprint density at radius 2 is 2.27 bits per heavy atom. The van der Waals surface area contributed by atoms with Gasteiger partial charge in [0.2, 0.25) is 5.91 Å². The van der Waals surface area contributed by atoms with Crippen molar-refractivity contribution in [1.29, 1.82) is 0 Å². The third kappa shape index (κ3) is 3.06. The molecule has 26 heavy (non-hydrogen) atoms. The van der Waals surface area contributed by atoms with Crippen LogP contribution in [0.1, 0.15) is 70.3 Å². The molecule has 1 fully saturated rings. The first-order valence-corrected chi connectivity index (χ1v) is 10.1. The topological polar surface area (TPSA) is 49.0 Å². The van der Waals surface area contributed by atoms with E-state index < -0.39 is 0 Å². The van der Waals surface area contributed by atoms with Gasteiger partial charge >= 0.3 is 0 Å². The number of carbonyl (C=O) groups excluding carboxylic acids is 1. The van der Waals surface area contributed by atoms with Gasteiger partial charge in [-0.3, -0.25) is 4.79 Å². The lowest BCUT2D eigenvalue weighted by Crippen LogP contribution is -2.46. The van der Waals surface area contributed by atoms with E-state index in [4.69, 9.17) is 0 Å². The van der Waals surface area contributed by atoms with Crippen molar-refractivity contribution in [2.24, 2.45) is 0 Å². The highest BCUT2D eigenvalue weighted by Crippen LogP contribution is 2.37. The fourth-order valence-electron chi connectivity index (χ4n) is 4.86. The van der Waals surface area contributed by atoms with Gasteiger partial charge in [-0.15, -0.1) is 0 Å². The van der Waals surface area contributed by atoms with Crippen LogP contribution in [0.15, 0.2) is 35.7 Å². The van der Waals surface area contributed by atoms with Crippen LogP contribution in [0.2, 0.25) is 0 Å². The second-order valence-electron chi connectivity index (χ2n) is 7.86. The van der Waals surface area contributed by atoms with Crippen molar-refractivity contribution in [3.05, 3.63) is 41.2 Å². The summed E-state index contributed by atoms with van der Waals surface area (Å²) in [6.07, 6.45) is 11.3. The smallest absolute Gasteiger partial charge is 0.223 e. The number of aromatic nitrogens is 2. The number of nitrogens with zero attached hydrogens (tertiary/aromatic N) is 2. The lowest BCUT2D eigenvalue weighted by molar-refractivity contribution is -0.134. The fourth-order valence-corrected chi connectivity index (χ4v) is 4.86. The normalized spacial score (nSPS) is 21.8. The predicted octanol–water partition coefficient (Wildman–Crippen LogP) is 4.94. The van der Waals surface area contributed by atoms with Gasteiger partial charge < -0.3 is 9.88 Å². The lowest BCUT2D eigenvalue weighted by Gasteiger charge is -2.41. The van der Waals surface area contributed by atoms with Gasteiger partial charge in [0.1, 0.15) is 5.65 Å². The number of aromatic amines is 1. The van der Waals surface area contributed by atoms with Crippen LogP contribution in [0.4, 0.5) is 0 Å². The molecule has 1 aliphatic heterocycles. The summed E-state index contributed by atoms with van der Waals surface area (Å²) in [6.45, 7) is 5.34. The van der Waals surface area contributed by atoms with Crippen molar-refractivity contribution in [2.75, 3.05) is 6.54 Å². The van der Waals surface area contributed by atoms with E-state index in [2.05, 4.69) is 34.8 Å². The van der Waals surface area contributed by atoms with Gasteiger partial charge in [0.25, 0.3) is 0 Å². The summed E-state index contributed by atoms with van der Waals surface area (Å²) < 4.78 is 0. The lowest BCUT2D eigenvalue weighted by atomic mass is 9.82. The first-order valence-electron chi connectivity index (χ1n) is 10.1. The molecule has 4 heteroatoms. The zero-order valence-corrected chi connectivity index (χ0v) is 15.9. The molecule has 0 saturated heterocycles. The molecule has 3 heterocycles. The van der Waals surface area contributed by atoms with Gasteiger partial charge in [0, 0.05) is 30.7 Å². The zero-order valence-electron chi connectivity index (χ0n) is 15.9. The van der Waals surface area contributed by atoms with Crippen LogP contribution in [-0.2, 0) is 4.79 Å². The monoisotopic (exact) mass is 351 g/mol. The minimum atomic E-state index is 0.250.